The molecule has 4 rings (SSSR count). The van der Waals surface area contributed by atoms with Gasteiger partial charge in [-0.05, 0) is 41.8 Å². The van der Waals surface area contributed by atoms with Gasteiger partial charge in [0.05, 0.1) is 16.5 Å². The zero-order valence-corrected chi connectivity index (χ0v) is 12.8. The first-order valence-electron chi connectivity index (χ1n) is 7.67. The molecule has 5 nitrogen and oxygen atoms in total. The molecule has 0 saturated carbocycles. The maximum Gasteiger partial charge on any atom is 0.335 e. The lowest BCUT2D eigenvalue weighted by atomic mass is 10.1. The Bertz CT molecular complexity index is 1050. The molecule has 0 unspecified atom stereocenters. The fraction of sp³-hybridized carbons (Fsp3) is 0.105. The van der Waals surface area contributed by atoms with Crippen LogP contribution in [-0.2, 0) is 6.54 Å². The minimum atomic E-state index is -1.03. The van der Waals surface area contributed by atoms with Gasteiger partial charge in [-0.25, -0.2) is 9.78 Å². The van der Waals surface area contributed by atoms with Gasteiger partial charge in [-0.3, -0.25) is 9.36 Å². The Labute approximate surface area is 137 Å². The van der Waals surface area contributed by atoms with Gasteiger partial charge in [0, 0.05) is 6.54 Å². The molecule has 0 bridgehead atoms. The average molecular weight is 318 g/mol. The largest absolute Gasteiger partial charge is 0.478 e. The second kappa shape index (κ2) is 5.45. The fourth-order valence-corrected chi connectivity index (χ4v) is 3.04. The molecule has 118 valence electrons. The number of aromatic nitrogens is 2. The molecule has 1 aromatic heterocycles. The predicted octanol–water partition coefficient (Wildman–Crippen LogP) is 3.04. The van der Waals surface area contributed by atoms with E-state index in [4.69, 9.17) is 5.11 Å². The van der Waals surface area contributed by atoms with Crippen molar-refractivity contribution in [3.05, 3.63) is 75.8 Å². The summed E-state index contributed by atoms with van der Waals surface area (Å²) in [5, 5.41) is 9.58. The van der Waals surface area contributed by atoms with Crippen molar-refractivity contribution in [3.8, 4) is 0 Å². The van der Waals surface area contributed by atoms with Gasteiger partial charge in [-0.15, -0.1) is 0 Å². The van der Waals surface area contributed by atoms with Crippen molar-refractivity contribution in [1.82, 2.24) is 9.55 Å². The number of fused-ring (bicyclic) bond motifs is 2. The third kappa shape index (κ3) is 2.31. The molecule has 0 aliphatic carbocycles. The maximum absolute atomic E-state index is 12.6. The van der Waals surface area contributed by atoms with Crippen molar-refractivity contribution in [2.24, 2.45) is 0 Å². The highest BCUT2D eigenvalue weighted by molar-refractivity contribution is 5.93. The summed E-state index contributed by atoms with van der Waals surface area (Å²) < 4.78 is 1.66. The number of benzene rings is 2. The lowest BCUT2D eigenvalue weighted by Crippen LogP contribution is -2.20. The van der Waals surface area contributed by atoms with E-state index in [1.165, 1.54) is 12.1 Å². The molecule has 0 radical (unpaired) electrons. The number of allylic oxidation sites excluding steroid dienone is 1. The van der Waals surface area contributed by atoms with Crippen LogP contribution in [0.25, 0.3) is 22.6 Å². The number of rotatable bonds is 2. The molecular weight excluding hydrogens is 304 g/mol. The van der Waals surface area contributed by atoms with E-state index in [-0.39, 0.29) is 11.1 Å². The Balaban J connectivity index is 1.92. The third-order valence-corrected chi connectivity index (χ3v) is 4.23. The molecule has 5 heteroatoms. The van der Waals surface area contributed by atoms with E-state index in [9.17, 15) is 9.59 Å². The SMILES string of the molecule is O=C(O)c1ccc2c(=O)n3c(nc2c1)/C(=C/c1ccccc1)CC3. The van der Waals surface area contributed by atoms with Crippen LogP contribution in [-0.4, -0.2) is 20.6 Å². The van der Waals surface area contributed by atoms with Gasteiger partial charge in [0.2, 0.25) is 0 Å². The molecule has 1 N–H and O–H groups in total. The fourth-order valence-electron chi connectivity index (χ4n) is 3.04. The first-order chi connectivity index (χ1) is 11.6. The van der Waals surface area contributed by atoms with Crippen LogP contribution in [0.5, 0.6) is 0 Å². The summed E-state index contributed by atoms with van der Waals surface area (Å²) in [6.45, 7) is 0.594. The molecule has 1 aliphatic rings. The molecule has 2 heterocycles. The van der Waals surface area contributed by atoms with Crippen LogP contribution < -0.4 is 5.56 Å². The van der Waals surface area contributed by atoms with Crippen LogP contribution in [0.2, 0.25) is 0 Å². The second-order valence-corrected chi connectivity index (χ2v) is 5.76. The summed E-state index contributed by atoms with van der Waals surface area (Å²) in [5.41, 5.74) is 2.47. The van der Waals surface area contributed by atoms with Gasteiger partial charge in [0.15, 0.2) is 0 Å². The number of hydrogen-bond donors (Lipinski definition) is 1. The number of hydrogen-bond acceptors (Lipinski definition) is 3. The van der Waals surface area contributed by atoms with Crippen molar-refractivity contribution >= 4 is 28.5 Å². The van der Waals surface area contributed by atoms with Crippen LogP contribution >= 0.6 is 0 Å². The molecule has 0 saturated heterocycles. The smallest absolute Gasteiger partial charge is 0.335 e. The van der Waals surface area contributed by atoms with E-state index in [1.807, 2.05) is 36.4 Å². The lowest BCUT2D eigenvalue weighted by molar-refractivity contribution is 0.0697. The van der Waals surface area contributed by atoms with E-state index >= 15 is 0 Å². The average Bonchev–Trinajstić information content (AvgIpc) is 2.98. The van der Waals surface area contributed by atoms with Crippen LogP contribution in [0.3, 0.4) is 0 Å². The van der Waals surface area contributed by atoms with Gasteiger partial charge in [-0.2, -0.15) is 0 Å². The van der Waals surface area contributed by atoms with Crippen LogP contribution in [0.1, 0.15) is 28.2 Å². The molecular formula is C19H14N2O3. The van der Waals surface area contributed by atoms with Crippen molar-refractivity contribution in [2.75, 3.05) is 0 Å². The lowest BCUT2D eigenvalue weighted by Gasteiger charge is -2.06. The molecule has 0 spiro atoms. The van der Waals surface area contributed by atoms with E-state index in [2.05, 4.69) is 4.98 Å². The van der Waals surface area contributed by atoms with Gasteiger partial charge >= 0.3 is 5.97 Å². The van der Waals surface area contributed by atoms with Crippen molar-refractivity contribution in [2.45, 2.75) is 13.0 Å². The molecule has 0 amide bonds. The van der Waals surface area contributed by atoms with E-state index < -0.39 is 5.97 Å². The minimum absolute atomic E-state index is 0.122. The zero-order chi connectivity index (χ0) is 16.7. The number of nitrogens with zero attached hydrogens (tertiary/aromatic N) is 2. The maximum atomic E-state index is 12.6. The van der Waals surface area contributed by atoms with Crippen molar-refractivity contribution in [3.63, 3.8) is 0 Å². The summed E-state index contributed by atoms with van der Waals surface area (Å²) >= 11 is 0. The normalized spacial score (nSPS) is 14.9. The monoisotopic (exact) mass is 318 g/mol. The topological polar surface area (TPSA) is 72.2 Å². The first kappa shape index (κ1) is 14.4. The Morgan fingerprint density at radius 2 is 1.96 bits per heavy atom. The van der Waals surface area contributed by atoms with Crippen LogP contribution in [0, 0.1) is 0 Å². The summed E-state index contributed by atoms with van der Waals surface area (Å²) in [6, 6.07) is 14.3. The van der Waals surface area contributed by atoms with E-state index in [0.29, 0.717) is 23.3 Å². The molecule has 3 aromatic rings. The first-order valence-corrected chi connectivity index (χ1v) is 7.67. The molecule has 0 atom stereocenters. The Kier molecular flexibility index (Phi) is 3.27. The highest BCUT2D eigenvalue weighted by atomic mass is 16.4. The molecule has 2 aromatic carbocycles. The van der Waals surface area contributed by atoms with Gasteiger partial charge < -0.3 is 5.11 Å². The van der Waals surface area contributed by atoms with Crippen molar-refractivity contribution in [1.29, 1.82) is 0 Å². The predicted molar refractivity (Wildman–Crippen MR) is 91.9 cm³/mol. The molecule has 24 heavy (non-hydrogen) atoms. The number of carboxylic acids is 1. The summed E-state index contributed by atoms with van der Waals surface area (Å²) in [4.78, 5) is 28.4. The quantitative estimate of drug-likeness (QED) is 0.788. The van der Waals surface area contributed by atoms with Gasteiger partial charge in [-0.1, -0.05) is 30.3 Å². The summed E-state index contributed by atoms with van der Waals surface area (Å²) in [7, 11) is 0. The standard InChI is InChI=1S/C19H14N2O3/c22-18-15-7-6-14(19(23)24)11-16(15)20-17-13(8-9-21(17)18)10-12-4-2-1-3-5-12/h1-7,10-11H,8-9H2,(H,23,24)/b13-10+. The summed E-state index contributed by atoms with van der Waals surface area (Å²) in [6.07, 6.45) is 2.76. The zero-order valence-electron chi connectivity index (χ0n) is 12.8. The minimum Gasteiger partial charge on any atom is -0.478 e. The van der Waals surface area contributed by atoms with Crippen molar-refractivity contribution < 1.29 is 9.90 Å². The highest BCUT2D eigenvalue weighted by Gasteiger charge is 2.21. The second-order valence-electron chi connectivity index (χ2n) is 5.76. The number of aromatic carboxylic acids is 1. The van der Waals surface area contributed by atoms with E-state index in [1.54, 1.807) is 10.6 Å². The van der Waals surface area contributed by atoms with Crippen LogP contribution in [0.4, 0.5) is 0 Å². The van der Waals surface area contributed by atoms with Crippen LogP contribution in [0.15, 0.2) is 53.3 Å². The Morgan fingerprint density at radius 3 is 2.71 bits per heavy atom. The number of carbonyl (C=O) groups is 1. The Morgan fingerprint density at radius 1 is 1.17 bits per heavy atom. The highest BCUT2D eigenvalue weighted by Crippen LogP contribution is 2.27. The molecule has 0 fully saturated rings. The third-order valence-electron chi connectivity index (χ3n) is 4.23. The molecule has 1 aliphatic heterocycles. The summed E-state index contributed by atoms with van der Waals surface area (Å²) in [5.74, 6) is -0.404. The van der Waals surface area contributed by atoms with Gasteiger partial charge in [0.1, 0.15) is 5.82 Å². The number of carboxylic acid groups (broad SMARTS) is 1. The van der Waals surface area contributed by atoms with E-state index in [0.717, 1.165) is 17.6 Å². The Hall–Kier alpha value is -3.21. The van der Waals surface area contributed by atoms with Gasteiger partial charge in [0.25, 0.3) is 5.56 Å².